The number of aromatic hydroxyl groups is 4. The molecular weight excluding hydrogens is 1220 g/mol. The Labute approximate surface area is 568 Å². The number of carbonyl (C=O) groups is 3. The molecule has 97 heavy (non-hydrogen) atoms. The quantitative estimate of drug-likeness (QED) is 0.0406. The number of nitrogens with zero attached hydrogens (tertiary/aromatic N) is 8. The van der Waals surface area contributed by atoms with Gasteiger partial charge in [-0.25, -0.2) is 33.1 Å². The molecule has 0 unspecified atom stereocenters. The lowest BCUT2D eigenvalue weighted by molar-refractivity contribution is 0.0515. The molecule has 0 saturated carbocycles. The predicted molar refractivity (Wildman–Crippen MR) is 387 cm³/mol. The van der Waals surface area contributed by atoms with Crippen molar-refractivity contribution in [3.8, 4) is 45.5 Å². The van der Waals surface area contributed by atoms with E-state index < -0.39 is 0 Å². The predicted octanol–water partition coefficient (Wildman–Crippen LogP) is 16.5. The summed E-state index contributed by atoms with van der Waals surface area (Å²) in [5.74, 6) is -0.187. The van der Waals surface area contributed by atoms with Gasteiger partial charge in [-0.2, -0.15) is 20.4 Å². The van der Waals surface area contributed by atoms with Gasteiger partial charge in [0.2, 0.25) is 0 Å². The summed E-state index contributed by atoms with van der Waals surface area (Å²) < 4.78 is 22.4. The highest BCUT2D eigenvalue weighted by Gasteiger charge is 2.22. The first-order valence-corrected chi connectivity index (χ1v) is 32.0. The monoisotopic (exact) mass is 1310 g/mol. The zero-order valence-corrected chi connectivity index (χ0v) is 58.5. The van der Waals surface area contributed by atoms with E-state index in [1.807, 2.05) is 223 Å². The van der Waals surface area contributed by atoms with Crippen molar-refractivity contribution in [1.29, 1.82) is 0 Å². The van der Waals surface area contributed by atoms with Crippen molar-refractivity contribution in [2.45, 2.75) is 118 Å². The van der Waals surface area contributed by atoms with Crippen LogP contribution in [0, 0.1) is 96.9 Å². The normalized spacial score (nSPS) is 11.2. The van der Waals surface area contributed by atoms with Crippen molar-refractivity contribution >= 4 is 42.8 Å². The molecule has 0 aliphatic heterocycles. The minimum absolute atomic E-state index is 0.200. The molecule has 0 amide bonds. The molecule has 504 valence electrons. The summed E-state index contributed by atoms with van der Waals surface area (Å²) in [6, 6.07) is 44.1. The lowest BCUT2D eigenvalue weighted by Crippen LogP contribution is -2.06. The Kier molecular flexibility index (Phi) is 25.0. The minimum Gasteiger partial charge on any atom is -0.507 e. The molecule has 10 rings (SSSR count). The number of benzene rings is 6. The third-order valence-electron chi connectivity index (χ3n) is 15.8. The number of hydrogen-bond acceptors (Lipinski definition) is 14. The number of phenols is 4. The number of carbonyl (C=O) groups excluding carboxylic acids is 3. The van der Waals surface area contributed by atoms with E-state index >= 15 is 0 Å². The maximum atomic E-state index is 12.4. The van der Waals surface area contributed by atoms with E-state index in [1.54, 1.807) is 77.9 Å². The van der Waals surface area contributed by atoms with E-state index in [0.29, 0.717) is 76.0 Å². The van der Waals surface area contributed by atoms with Gasteiger partial charge in [-0.05, 0) is 217 Å². The van der Waals surface area contributed by atoms with Gasteiger partial charge in [0.15, 0.2) is 0 Å². The van der Waals surface area contributed by atoms with Crippen molar-refractivity contribution in [2.75, 3.05) is 19.8 Å². The van der Waals surface area contributed by atoms with Crippen molar-refractivity contribution in [3.63, 3.8) is 0 Å². The number of aryl methyl sites for hydroxylation is 11. The third kappa shape index (κ3) is 18.2. The van der Waals surface area contributed by atoms with Crippen molar-refractivity contribution < 1.29 is 49.0 Å². The summed E-state index contributed by atoms with van der Waals surface area (Å²) in [5.41, 5.74) is 20.1. The molecule has 0 aliphatic rings. The average Bonchev–Trinajstić information content (AvgIpc) is 1.69. The van der Waals surface area contributed by atoms with Gasteiger partial charge in [0.1, 0.15) is 23.0 Å². The fourth-order valence-electron chi connectivity index (χ4n) is 11.0. The van der Waals surface area contributed by atoms with Crippen LogP contribution in [0.3, 0.4) is 0 Å². The zero-order valence-electron chi connectivity index (χ0n) is 58.5. The van der Waals surface area contributed by atoms with Gasteiger partial charge in [-0.1, -0.05) is 84.9 Å². The SMILES string of the molecule is CCOC(=O)c1cc(-c2ccccc2)n(/N=C/c2cc(C)cc(C)c2O)c1C.CCOC(=O)c1cc(-c2ccccc2)n(/N=C/c2cc(C)cc(C)c2O)c1C.CCOC(=O)c1cc(C)n(/N=C/c2cc(C)cc(C)c2O)c1C.Cc1cc(C)c(O)c(/C=N/n2c(C)ccc2C)c1. The standard InChI is InChI=1S/2C23H24N2O3.C18H22N2O3.C15H18N2O/c2*1-5-28-23(27)20-13-21(18-9-7-6-8-10-18)25(17(20)4)24-14-19-12-15(2)11-16(3)22(19)26;1-6-23-18(22)16-9-13(4)20(14(16)5)19-10-15-8-11(2)7-12(3)17(15)21;1-10-7-11(2)15(18)14(8-10)9-16-17-12(3)5-6-13(17)4/h2*6-14,26H,5H2,1-4H3;7-10,21H,6H2,1-5H3;5-9,18H,1-4H3/b2*24-14+;19-10+;16-9+. The molecule has 0 saturated heterocycles. The topological polar surface area (TPSA) is 229 Å². The number of aromatic nitrogens is 4. The molecule has 10 aromatic rings. The molecule has 0 radical (unpaired) electrons. The number of hydrogen-bond donors (Lipinski definition) is 4. The molecule has 18 heteroatoms. The van der Waals surface area contributed by atoms with Gasteiger partial charge in [-0.15, -0.1) is 0 Å². The van der Waals surface area contributed by atoms with Crippen LogP contribution >= 0.6 is 0 Å². The van der Waals surface area contributed by atoms with E-state index in [9.17, 15) is 34.8 Å². The summed E-state index contributed by atoms with van der Waals surface area (Å²) in [6.07, 6.45) is 6.53. The van der Waals surface area contributed by atoms with E-state index in [-0.39, 0.29) is 35.2 Å². The number of esters is 3. The van der Waals surface area contributed by atoms with Gasteiger partial charge in [-0.3, -0.25) is 0 Å². The maximum absolute atomic E-state index is 12.4. The van der Waals surface area contributed by atoms with Crippen LogP contribution in [0.1, 0.15) is 153 Å². The number of rotatable bonds is 16. The molecule has 0 aliphatic carbocycles. The molecule has 18 nitrogen and oxygen atoms in total. The molecule has 4 N–H and O–H groups in total. The molecule has 6 aromatic carbocycles. The first-order chi connectivity index (χ1) is 46.2. The molecular formula is C79H88N8O10. The number of ether oxygens (including phenoxy) is 3. The Morgan fingerprint density at radius 1 is 0.340 bits per heavy atom. The summed E-state index contributed by atoms with van der Waals surface area (Å²) in [7, 11) is 0. The van der Waals surface area contributed by atoms with Gasteiger partial charge in [0, 0.05) is 50.5 Å². The van der Waals surface area contributed by atoms with Gasteiger partial charge in [0.05, 0.1) is 89.8 Å². The maximum Gasteiger partial charge on any atom is 0.340 e. The van der Waals surface area contributed by atoms with Crippen molar-refractivity contribution in [3.05, 3.63) is 257 Å². The lowest BCUT2D eigenvalue weighted by atomic mass is 10.1. The fourth-order valence-corrected chi connectivity index (χ4v) is 11.0. The smallest absolute Gasteiger partial charge is 0.340 e. The summed E-state index contributed by atoms with van der Waals surface area (Å²) in [4.78, 5) is 36.6. The summed E-state index contributed by atoms with van der Waals surface area (Å²) >= 11 is 0. The molecule has 0 spiro atoms. The van der Waals surface area contributed by atoms with Gasteiger partial charge in [0.25, 0.3) is 0 Å². The summed E-state index contributed by atoms with van der Waals surface area (Å²) in [5, 5.41) is 58.8. The van der Waals surface area contributed by atoms with Crippen molar-refractivity contribution in [2.24, 2.45) is 20.4 Å². The molecule has 0 bridgehead atoms. The third-order valence-corrected chi connectivity index (χ3v) is 15.8. The van der Waals surface area contributed by atoms with Crippen LogP contribution in [0.4, 0.5) is 0 Å². The highest BCUT2D eigenvalue weighted by atomic mass is 16.5. The largest absolute Gasteiger partial charge is 0.507 e. The Hall–Kier alpha value is -11.3. The second kappa shape index (κ2) is 33.2. The van der Waals surface area contributed by atoms with Crippen LogP contribution in [0.25, 0.3) is 22.5 Å². The minimum atomic E-state index is -0.375. The highest BCUT2D eigenvalue weighted by Crippen LogP contribution is 2.31. The van der Waals surface area contributed by atoms with E-state index in [1.165, 1.54) is 0 Å². The Balaban J connectivity index is 0.000000185. The molecule has 0 atom stereocenters. The second-order valence-corrected chi connectivity index (χ2v) is 23.7. The fraction of sp³-hybridized carbons (Fsp3) is 0.253. The average molecular weight is 1310 g/mol. The van der Waals surface area contributed by atoms with Crippen LogP contribution < -0.4 is 0 Å². The Morgan fingerprint density at radius 2 is 0.608 bits per heavy atom. The van der Waals surface area contributed by atoms with E-state index in [4.69, 9.17) is 14.2 Å². The van der Waals surface area contributed by atoms with E-state index in [2.05, 4.69) is 20.4 Å². The van der Waals surface area contributed by atoms with Crippen LogP contribution in [-0.2, 0) is 14.2 Å². The highest BCUT2D eigenvalue weighted by molar-refractivity contribution is 5.95. The number of phenolic OH excluding ortho intramolecular Hbond substituents is 4. The van der Waals surface area contributed by atoms with Crippen LogP contribution in [0.5, 0.6) is 23.0 Å². The van der Waals surface area contributed by atoms with E-state index in [0.717, 1.165) is 89.7 Å². The van der Waals surface area contributed by atoms with Crippen LogP contribution in [0.2, 0.25) is 0 Å². The van der Waals surface area contributed by atoms with Crippen LogP contribution in [-0.4, -0.2) is 102 Å². The Morgan fingerprint density at radius 3 is 0.907 bits per heavy atom. The molecule has 4 heterocycles. The Bertz CT molecular complexity index is 4410. The zero-order chi connectivity index (χ0) is 70.9. The van der Waals surface area contributed by atoms with Crippen LogP contribution in [0.15, 0.2) is 160 Å². The first-order valence-electron chi connectivity index (χ1n) is 32.0. The second-order valence-electron chi connectivity index (χ2n) is 23.7. The molecule has 4 aromatic heterocycles. The molecule has 0 fully saturated rings. The lowest BCUT2D eigenvalue weighted by Gasteiger charge is -2.08. The van der Waals surface area contributed by atoms with Gasteiger partial charge < -0.3 is 34.6 Å². The van der Waals surface area contributed by atoms with Crippen molar-refractivity contribution in [1.82, 2.24) is 18.7 Å². The first kappa shape index (κ1) is 73.1. The van der Waals surface area contributed by atoms with Gasteiger partial charge >= 0.3 is 17.9 Å². The summed E-state index contributed by atoms with van der Waals surface area (Å²) in [6.45, 7) is 33.0.